The molecule has 0 heterocycles. The van der Waals surface area contributed by atoms with Crippen LogP contribution in [0.1, 0.15) is 29.5 Å². The molecule has 0 bridgehead atoms. The smallest absolute Gasteiger partial charge is 0.303 e. The molecular formula is C25H28N2O6. The maximum absolute atomic E-state index is 13.2. The number of carbonyl (C=O) groups is 4. The van der Waals surface area contributed by atoms with Gasteiger partial charge in [0.1, 0.15) is 6.10 Å². The van der Waals surface area contributed by atoms with Crippen molar-refractivity contribution < 1.29 is 29.0 Å². The van der Waals surface area contributed by atoms with E-state index in [9.17, 15) is 24.3 Å². The maximum Gasteiger partial charge on any atom is 0.303 e. The van der Waals surface area contributed by atoms with Crippen molar-refractivity contribution in [1.82, 2.24) is 4.90 Å². The highest BCUT2D eigenvalue weighted by atomic mass is 16.5. The summed E-state index contributed by atoms with van der Waals surface area (Å²) in [7, 11) is 1.53. The third kappa shape index (κ3) is 5.97. The number of carboxylic acid groups (broad SMARTS) is 1. The van der Waals surface area contributed by atoms with Crippen LogP contribution in [0, 0.1) is 18.8 Å². The fraction of sp³-hybridized carbons (Fsp3) is 0.360. The van der Waals surface area contributed by atoms with Crippen LogP contribution in [0.5, 0.6) is 0 Å². The highest BCUT2D eigenvalue weighted by Gasteiger charge is 2.50. The SMILES string of the molecule is Cc1ccc(Cc2ccc(NC(=O)C3C(CC(=O)O)C(OC=O)CC3N(C)C=O)cc2)cc1. The Labute approximate surface area is 192 Å². The summed E-state index contributed by atoms with van der Waals surface area (Å²) in [4.78, 5) is 48.3. The van der Waals surface area contributed by atoms with Gasteiger partial charge in [-0.25, -0.2) is 0 Å². The van der Waals surface area contributed by atoms with Crippen molar-refractivity contribution >= 4 is 30.4 Å². The van der Waals surface area contributed by atoms with Crippen LogP contribution in [-0.2, 0) is 30.3 Å². The van der Waals surface area contributed by atoms with Gasteiger partial charge in [0, 0.05) is 31.1 Å². The normalized spacial score (nSPS) is 21.8. The minimum atomic E-state index is -1.10. The number of nitrogens with zero attached hydrogens (tertiary/aromatic N) is 1. The molecule has 0 radical (unpaired) electrons. The lowest BCUT2D eigenvalue weighted by molar-refractivity contribution is -0.144. The zero-order valence-corrected chi connectivity index (χ0v) is 18.6. The van der Waals surface area contributed by atoms with E-state index in [0.717, 1.165) is 12.0 Å². The predicted molar refractivity (Wildman–Crippen MR) is 121 cm³/mol. The Hall–Kier alpha value is -3.68. The van der Waals surface area contributed by atoms with E-state index in [1.54, 1.807) is 12.1 Å². The molecule has 0 spiro atoms. The molecule has 2 N–H and O–H groups in total. The minimum absolute atomic E-state index is 0.194. The number of hydrogen-bond donors (Lipinski definition) is 2. The number of aryl methyl sites for hydroxylation is 1. The molecule has 1 aliphatic carbocycles. The molecule has 3 rings (SSSR count). The minimum Gasteiger partial charge on any atom is -0.481 e. The van der Waals surface area contributed by atoms with Gasteiger partial charge < -0.3 is 20.1 Å². The Kier molecular flexibility index (Phi) is 7.82. The van der Waals surface area contributed by atoms with E-state index in [1.807, 2.05) is 19.1 Å². The van der Waals surface area contributed by atoms with Crippen LogP contribution in [-0.4, -0.2) is 54.0 Å². The molecule has 1 aliphatic rings. The van der Waals surface area contributed by atoms with E-state index >= 15 is 0 Å². The van der Waals surface area contributed by atoms with Crippen LogP contribution in [0.3, 0.4) is 0 Å². The molecule has 2 aromatic carbocycles. The lowest BCUT2D eigenvalue weighted by Crippen LogP contribution is -2.42. The van der Waals surface area contributed by atoms with Gasteiger partial charge in [0.15, 0.2) is 0 Å². The molecule has 8 heteroatoms. The average molecular weight is 453 g/mol. The number of anilines is 1. The van der Waals surface area contributed by atoms with E-state index in [2.05, 4.69) is 29.6 Å². The Morgan fingerprint density at radius 2 is 1.70 bits per heavy atom. The molecule has 0 aliphatic heterocycles. The molecule has 2 amide bonds. The number of ether oxygens (including phenoxy) is 1. The van der Waals surface area contributed by atoms with Crippen LogP contribution in [0.25, 0.3) is 0 Å². The van der Waals surface area contributed by atoms with Crippen molar-refractivity contribution in [1.29, 1.82) is 0 Å². The lowest BCUT2D eigenvalue weighted by atomic mass is 9.88. The number of carboxylic acids is 1. The summed E-state index contributed by atoms with van der Waals surface area (Å²) in [5.41, 5.74) is 4.03. The van der Waals surface area contributed by atoms with Crippen molar-refractivity contribution in [3.8, 4) is 0 Å². The van der Waals surface area contributed by atoms with Crippen LogP contribution in [0.4, 0.5) is 5.69 Å². The summed E-state index contributed by atoms with van der Waals surface area (Å²) >= 11 is 0. The van der Waals surface area contributed by atoms with Gasteiger partial charge in [-0.05, 0) is 36.6 Å². The fourth-order valence-corrected chi connectivity index (χ4v) is 4.50. The maximum atomic E-state index is 13.2. The predicted octanol–water partition coefficient (Wildman–Crippen LogP) is 2.63. The summed E-state index contributed by atoms with van der Waals surface area (Å²) < 4.78 is 5.09. The van der Waals surface area contributed by atoms with Crippen LogP contribution >= 0.6 is 0 Å². The molecule has 1 fully saturated rings. The molecule has 8 nitrogen and oxygen atoms in total. The summed E-state index contributed by atoms with van der Waals surface area (Å²) in [6, 6.07) is 15.1. The number of carbonyl (C=O) groups excluding carboxylic acids is 3. The number of aliphatic carboxylic acids is 1. The lowest BCUT2D eigenvalue weighted by Gasteiger charge is -2.28. The van der Waals surface area contributed by atoms with Gasteiger partial charge in [0.2, 0.25) is 12.3 Å². The second-order valence-electron chi connectivity index (χ2n) is 8.48. The topological polar surface area (TPSA) is 113 Å². The second-order valence-corrected chi connectivity index (χ2v) is 8.48. The summed E-state index contributed by atoms with van der Waals surface area (Å²) in [5, 5.41) is 12.2. The quantitative estimate of drug-likeness (QED) is 0.536. The molecule has 0 saturated heterocycles. The highest BCUT2D eigenvalue weighted by Crippen LogP contribution is 2.39. The van der Waals surface area contributed by atoms with E-state index < -0.39 is 35.9 Å². The summed E-state index contributed by atoms with van der Waals surface area (Å²) in [6.45, 7) is 2.29. The van der Waals surface area contributed by atoms with Gasteiger partial charge in [0.05, 0.1) is 12.3 Å². The molecule has 0 aromatic heterocycles. The third-order valence-corrected chi connectivity index (χ3v) is 6.21. The monoisotopic (exact) mass is 452 g/mol. The van der Waals surface area contributed by atoms with Gasteiger partial charge in [-0.2, -0.15) is 0 Å². The molecule has 4 atom stereocenters. The van der Waals surface area contributed by atoms with E-state index in [4.69, 9.17) is 4.74 Å². The Bertz CT molecular complexity index is 989. The van der Waals surface area contributed by atoms with Crippen LogP contribution in [0.15, 0.2) is 48.5 Å². The largest absolute Gasteiger partial charge is 0.481 e. The second kappa shape index (κ2) is 10.8. The van der Waals surface area contributed by atoms with Gasteiger partial charge in [-0.15, -0.1) is 0 Å². The molecule has 33 heavy (non-hydrogen) atoms. The van der Waals surface area contributed by atoms with Crippen LogP contribution in [0.2, 0.25) is 0 Å². The number of rotatable bonds is 10. The molecule has 2 aromatic rings. The van der Waals surface area contributed by atoms with Gasteiger partial charge in [-0.1, -0.05) is 42.0 Å². The van der Waals surface area contributed by atoms with Crippen molar-refractivity contribution in [2.24, 2.45) is 11.8 Å². The first kappa shape index (κ1) is 24.0. The van der Waals surface area contributed by atoms with Crippen molar-refractivity contribution in [3.05, 3.63) is 65.2 Å². The van der Waals surface area contributed by atoms with Gasteiger partial charge in [0.25, 0.3) is 6.47 Å². The van der Waals surface area contributed by atoms with Crippen LogP contribution < -0.4 is 5.32 Å². The first-order valence-corrected chi connectivity index (χ1v) is 10.8. The number of benzene rings is 2. The number of nitrogens with one attached hydrogen (secondary N) is 1. The van der Waals surface area contributed by atoms with E-state index in [-0.39, 0.29) is 19.3 Å². The van der Waals surface area contributed by atoms with Crippen molar-refractivity contribution in [3.63, 3.8) is 0 Å². The Morgan fingerprint density at radius 3 is 2.24 bits per heavy atom. The van der Waals surface area contributed by atoms with E-state index in [1.165, 1.54) is 23.1 Å². The zero-order chi connectivity index (χ0) is 24.0. The molecule has 1 saturated carbocycles. The summed E-state index contributed by atoms with van der Waals surface area (Å²) in [6.07, 6.45) is 0.425. The standard InChI is InChI=1S/C25H28N2O6/c1-16-3-5-17(6-4-16)11-18-7-9-19(10-8-18)26-25(32)24-20(12-23(30)31)22(33-15-29)13-21(24)27(2)14-28/h3-10,14-15,20-22,24H,11-13H2,1-2H3,(H,26,32)(H,30,31). The third-order valence-electron chi connectivity index (χ3n) is 6.21. The first-order valence-electron chi connectivity index (χ1n) is 10.8. The average Bonchev–Trinajstić information content (AvgIpc) is 3.14. The van der Waals surface area contributed by atoms with E-state index in [0.29, 0.717) is 12.1 Å². The molecule has 4 unspecified atom stereocenters. The van der Waals surface area contributed by atoms with Gasteiger partial charge >= 0.3 is 5.97 Å². The molecule has 174 valence electrons. The van der Waals surface area contributed by atoms with Crippen molar-refractivity contribution in [2.75, 3.05) is 12.4 Å². The Morgan fingerprint density at radius 1 is 1.09 bits per heavy atom. The first-order chi connectivity index (χ1) is 15.8. The van der Waals surface area contributed by atoms with Crippen molar-refractivity contribution in [2.45, 2.75) is 38.3 Å². The summed E-state index contributed by atoms with van der Waals surface area (Å²) in [5.74, 6) is -3.11. The fourth-order valence-electron chi connectivity index (χ4n) is 4.50. The Balaban J connectivity index is 1.76. The molecular weight excluding hydrogens is 424 g/mol. The highest BCUT2D eigenvalue weighted by molar-refractivity contribution is 5.94. The zero-order valence-electron chi connectivity index (χ0n) is 18.6. The van der Waals surface area contributed by atoms with Gasteiger partial charge in [-0.3, -0.25) is 19.2 Å². The number of hydrogen-bond acceptors (Lipinski definition) is 5. The number of amides is 2.